The van der Waals surface area contributed by atoms with Gasteiger partial charge in [-0.1, -0.05) is 0 Å². The average Bonchev–Trinajstić information content (AvgIpc) is 2.53. The van der Waals surface area contributed by atoms with Crippen LogP contribution in [-0.2, 0) is 19.1 Å². The molecule has 3 rings (SSSR count). The number of anilines is 2. The highest BCUT2D eigenvalue weighted by Crippen LogP contribution is 2.30. The van der Waals surface area contributed by atoms with E-state index in [1.54, 1.807) is 4.90 Å². The first-order chi connectivity index (χ1) is 10.9. The highest BCUT2D eigenvalue weighted by Gasteiger charge is 2.33. The van der Waals surface area contributed by atoms with Crippen molar-refractivity contribution in [3.8, 4) is 0 Å². The van der Waals surface area contributed by atoms with Gasteiger partial charge in [0.25, 0.3) is 0 Å². The summed E-state index contributed by atoms with van der Waals surface area (Å²) in [6.07, 6.45) is -1.23. The van der Waals surface area contributed by atoms with Crippen molar-refractivity contribution in [2.45, 2.75) is 19.1 Å². The zero-order chi connectivity index (χ0) is 16.6. The van der Waals surface area contributed by atoms with E-state index in [-0.39, 0.29) is 5.95 Å². The van der Waals surface area contributed by atoms with E-state index in [4.69, 9.17) is 0 Å². The van der Waals surface area contributed by atoms with Gasteiger partial charge in [0.1, 0.15) is 17.8 Å². The summed E-state index contributed by atoms with van der Waals surface area (Å²) in [5.74, 6) is 0.825. The molecule has 1 aliphatic rings. The van der Waals surface area contributed by atoms with Crippen molar-refractivity contribution in [3.63, 3.8) is 0 Å². The molecular weight excluding hydrogens is 309 g/mol. The van der Waals surface area contributed by atoms with E-state index in [1.165, 1.54) is 6.33 Å². The summed E-state index contributed by atoms with van der Waals surface area (Å²) in [6, 6.07) is 0.871. The van der Waals surface area contributed by atoms with Crippen molar-refractivity contribution in [1.82, 2.24) is 19.9 Å². The van der Waals surface area contributed by atoms with Gasteiger partial charge in [0.15, 0.2) is 0 Å². The number of alkyl halides is 3. The molecule has 2 aromatic rings. The van der Waals surface area contributed by atoms with Crippen molar-refractivity contribution in [2.75, 3.05) is 30.4 Å². The van der Waals surface area contributed by atoms with Gasteiger partial charge in [-0.05, 0) is 6.07 Å². The van der Waals surface area contributed by atoms with Gasteiger partial charge in [0.2, 0.25) is 5.95 Å². The minimum atomic E-state index is -4.48. The minimum absolute atomic E-state index is 0.0686. The molecule has 0 saturated carbocycles. The Kier molecular flexibility index (Phi) is 3.78. The van der Waals surface area contributed by atoms with Gasteiger partial charge >= 0.3 is 6.18 Å². The summed E-state index contributed by atoms with van der Waals surface area (Å²) < 4.78 is 38.4. The van der Waals surface area contributed by atoms with Crippen LogP contribution >= 0.6 is 0 Å². The second kappa shape index (κ2) is 5.64. The third kappa shape index (κ3) is 3.03. The van der Waals surface area contributed by atoms with Crippen LogP contribution in [-0.4, -0.2) is 40.6 Å². The zero-order valence-corrected chi connectivity index (χ0v) is 12.7. The molecule has 0 unspecified atom stereocenters. The van der Waals surface area contributed by atoms with Crippen LogP contribution in [0.4, 0.5) is 24.9 Å². The lowest BCUT2D eigenvalue weighted by atomic mass is 10.1. The van der Waals surface area contributed by atoms with E-state index in [0.717, 1.165) is 29.3 Å². The quantitative estimate of drug-likeness (QED) is 0.841. The number of hydrogen-bond donors (Lipinski definition) is 0. The highest BCUT2D eigenvalue weighted by atomic mass is 19.4. The summed E-state index contributed by atoms with van der Waals surface area (Å²) in [7, 11) is 3.73. The smallest absolute Gasteiger partial charge is 0.362 e. The van der Waals surface area contributed by atoms with Crippen molar-refractivity contribution in [1.29, 1.82) is 0 Å². The van der Waals surface area contributed by atoms with Gasteiger partial charge in [-0.25, -0.2) is 19.9 Å². The van der Waals surface area contributed by atoms with E-state index in [2.05, 4.69) is 19.9 Å². The van der Waals surface area contributed by atoms with Crippen LogP contribution in [0.5, 0.6) is 0 Å². The molecule has 0 atom stereocenters. The molecular formula is C14H15F3N6. The van der Waals surface area contributed by atoms with Crippen LogP contribution in [0.2, 0.25) is 0 Å². The molecule has 0 saturated heterocycles. The molecule has 0 radical (unpaired) electrons. The first kappa shape index (κ1) is 15.4. The zero-order valence-electron chi connectivity index (χ0n) is 12.7. The Morgan fingerprint density at radius 1 is 1.17 bits per heavy atom. The maximum atomic E-state index is 12.8. The Hall–Kier alpha value is -2.45. The molecule has 122 valence electrons. The number of nitrogens with zero attached hydrogens (tertiary/aromatic N) is 6. The third-order valence-electron chi connectivity index (χ3n) is 3.62. The number of hydrogen-bond acceptors (Lipinski definition) is 6. The summed E-state index contributed by atoms with van der Waals surface area (Å²) in [4.78, 5) is 19.7. The predicted molar refractivity (Wildman–Crippen MR) is 78.1 cm³/mol. The van der Waals surface area contributed by atoms with Crippen LogP contribution < -0.4 is 9.80 Å². The predicted octanol–water partition coefficient (Wildman–Crippen LogP) is 1.91. The van der Waals surface area contributed by atoms with E-state index >= 15 is 0 Å². The van der Waals surface area contributed by atoms with E-state index in [9.17, 15) is 13.2 Å². The summed E-state index contributed by atoms with van der Waals surface area (Å²) in [5, 5.41) is 0. The van der Waals surface area contributed by atoms with E-state index in [1.807, 2.05) is 19.0 Å². The molecule has 0 aromatic carbocycles. The summed E-state index contributed by atoms with van der Waals surface area (Å²) in [6.45, 7) is 0.892. The standard InChI is InChI=1S/C14H15F3N6/c1-22(2)12-9-7-23(6-4-10(9)19-8-20-12)13-18-5-3-11(21-13)14(15,16)17/h3,5,8H,4,6-7H2,1-2H3. The number of fused-ring (bicyclic) bond motifs is 1. The topological polar surface area (TPSA) is 58.0 Å². The first-order valence-electron chi connectivity index (χ1n) is 7.01. The average molecular weight is 324 g/mol. The molecule has 23 heavy (non-hydrogen) atoms. The Labute approximate surface area is 131 Å². The molecule has 0 N–H and O–H groups in total. The molecule has 6 nitrogen and oxygen atoms in total. The summed E-state index contributed by atoms with van der Waals surface area (Å²) >= 11 is 0. The Balaban J connectivity index is 1.93. The first-order valence-corrected chi connectivity index (χ1v) is 7.01. The van der Waals surface area contributed by atoms with Crippen molar-refractivity contribution in [2.24, 2.45) is 0 Å². The highest BCUT2D eigenvalue weighted by molar-refractivity contribution is 5.51. The number of halogens is 3. The molecule has 0 fully saturated rings. The molecule has 0 bridgehead atoms. The molecule has 1 aliphatic heterocycles. The van der Waals surface area contributed by atoms with Gasteiger partial charge in [-0.15, -0.1) is 0 Å². The fourth-order valence-electron chi connectivity index (χ4n) is 2.54. The molecule has 2 aromatic heterocycles. The third-order valence-corrected chi connectivity index (χ3v) is 3.62. The van der Waals surface area contributed by atoms with Crippen LogP contribution in [0.15, 0.2) is 18.6 Å². The molecule has 0 amide bonds. The van der Waals surface area contributed by atoms with E-state index in [0.29, 0.717) is 19.5 Å². The lowest BCUT2D eigenvalue weighted by molar-refractivity contribution is -0.141. The maximum Gasteiger partial charge on any atom is 0.433 e. The van der Waals surface area contributed by atoms with Crippen LogP contribution in [0, 0.1) is 0 Å². The normalized spacial score (nSPS) is 14.6. The van der Waals surface area contributed by atoms with E-state index < -0.39 is 11.9 Å². The number of aromatic nitrogens is 4. The van der Waals surface area contributed by atoms with Crippen LogP contribution in [0.1, 0.15) is 17.0 Å². The SMILES string of the molecule is CN(C)c1ncnc2c1CN(c1nccc(C(F)(F)F)n1)CC2. The molecule has 0 aliphatic carbocycles. The Morgan fingerprint density at radius 2 is 1.96 bits per heavy atom. The fourth-order valence-corrected chi connectivity index (χ4v) is 2.54. The Morgan fingerprint density at radius 3 is 2.65 bits per heavy atom. The largest absolute Gasteiger partial charge is 0.433 e. The van der Waals surface area contributed by atoms with Gasteiger partial charge in [0.05, 0.1) is 12.2 Å². The maximum absolute atomic E-state index is 12.8. The monoisotopic (exact) mass is 324 g/mol. The van der Waals surface area contributed by atoms with Gasteiger partial charge < -0.3 is 9.80 Å². The van der Waals surface area contributed by atoms with Gasteiger partial charge in [-0.2, -0.15) is 13.2 Å². The van der Waals surface area contributed by atoms with Gasteiger partial charge in [-0.3, -0.25) is 0 Å². The second-order valence-corrected chi connectivity index (χ2v) is 5.43. The summed E-state index contributed by atoms with van der Waals surface area (Å²) in [5.41, 5.74) is 0.863. The van der Waals surface area contributed by atoms with Crippen molar-refractivity contribution < 1.29 is 13.2 Å². The fraction of sp³-hybridized carbons (Fsp3) is 0.429. The van der Waals surface area contributed by atoms with Crippen LogP contribution in [0.25, 0.3) is 0 Å². The lowest BCUT2D eigenvalue weighted by Crippen LogP contribution is -2.34. The number of rotatable bonds is 2. The van der Waals surface area contributed by atoms with Crippen molar-refractivity contribution >= 4 is 11.8 Å². The minimum Gasteiger partial charge on any atom is -0.362 e. The lowest BCUT2D eigenvalue weighted by Gasteiger charge is -2.30. The van der Waals surface area contributed by atoms with Crippen LogP contribution in [0.3, 0.4) is 0 Å². The van der Waals surface area contributed by atoms with Gasteiger partial charge in [0, 0.05) is 38.8 Å². The second-order valence-electron chi connectivity index (χ2n) is 5.43. The van der Waals surface area contributed by atoms with Crippen molar-refractivity contribution in [3.05, 3.63) is 35.5 Å². The Bertz CT molecular complexity index is 716. The molecule has 0 spiro atoms. The molecule has 3 heterocycles. The molecule has 9 heteroatoms.